The highest BCUT2D eigenvalue weighted by atomic mass is 16.5. The van der Waals surface area contributed by atoms with Crippen molar-refractivity contribution in [2.24, 2.45) is 0 Å². The highest BCUT2D eigenvalue weighted by molar-refractivity contribution is 5.37. The minimum absolute atomic E-state index is 0.409. The summed E-state index contributed by atoms with van der Waals surface area (Å²) in [6.45, 7) is 8.00. The van der Waals surface area contributed by atoms with Crippen LogP contribution in [0, 0.1) is 0 Å². The second-order valence-electron chi connectivity index (χ2n) is 4.94. The predicted octanol–water partition coefficient (Wildman–Crippen LogP) is 3.50. The molecule has 2 aromatic rings. The molecule has 0 radical (unpaired) electrons. The Bertz CT molecular complexity index is 538. The van der Waals surface area contributed by atoms with Gasteiger partial charge in [0.2, 0.25) is 5.88 Å². The molecule has 106 valence electrons. The largest absolute Gasteiger partial charge is 0.437 e. The molecule has 0 aliphatic heterocycles. The van der Waals surface area contributed by atoms with Crippen molar-refractivity contribution in [3.63, 3.8) is 0 Å². The predicted molar refractivity (Wildman–Crippen MR) is 80.0 cm³/mol. The lowest BCUT2D eigenvalue weighted by molar-refractivity contribution is 0.445. The first-order valence-electron chi connectivity index (χ1n) is 7.00. The number of rotatable bonds is 6. The van der Waals surface area contributed by atoms with Crippen molar-refractivity contribution in [1.29, 1.82) is 0 Å². The first-order valence-corrected chi connectivity index (χ1v) is 7.00. The number of hydrogen-bond donors (Lipinski definition) is 1. The van der Waals surface area contributed by atoms with Crippen LogP contribution >= 0.6 is 0 Å². The van der Waals surface area contributed by atoms with Crippen molar-refractivity contribution in [2.75, 3.05) is 6.54 Å². The molecule has 2 rings (SSSR count). The Kier molecular flexibility index (Phi) is 5.07. The van der Waals surface area contributed by atoms with E-state index >= 15 is 0 Å². The number of nitrogens with zero attached hydrogens (tertiary/aromatic N) is 2. The van der Waals surface area contributed by atoms with E-state index in [1.54, 1.807) is 0 Å². The average Bonchev–Trinajstić information content (AvgIpc) is 2.47. The maximum absolute atomic E-state index is 5.84. The van der Waals surface area contributed by atoms with Gasteiger partial charge in [0.1, 0.15) is 5.75 Å². The number of benzene rings is 1. The van der Waals surface area contributed by atoms with Crippen molar-refractivity contribution in [3.05, 3.63) is 47.7 Å². The van der Waals surface area contributed by atoms with Gasteiger partial charge in [0.25, 0.3) is 0 Å². The van der Waals surface area contributed by atoms with Gasteiger partial charge < -0.3 is 10.1 Å². The zero-order chi connectivity index (χ0) is 14.4. The summed E-state index contributed by atoms with van der Waals surface area (Å²) >= 11 is 0. The topological polar surface area (TPSA) is 47.0 Å². The molecule has 0 saturated heterocycles. The monoisotopic (exact) mass is 271 g/mol. The summed E-state index contributed by atoms with van der Waals surface area (Å²) < 4.78 is 5.84. The van der Waals surface area contributed by atoms with Crippen LogP contribution in [-0.2, 0) is 6.54 Å². The third-order valence-corrected chi connectivity index (χ3v) is 3.01. The van der Waals surface area contributed by atoms with E-state index in [0.717, 1.165) is 24.5 Å². The lowest BCUT2D eigenvalue weighted by atomic mass is 10.0. The van der Waals surface area contributed by atoms with Crippen molar-refractivity contribution in [3.8, 4) is 11.6 Å². The molecule has 0 amide bonds. The Balaban J connectivity index is 2.10. The maximum Gasteiger partial charge on any atom is 0.238 e. The number of para-hydroxylation sites is 1. The summed E-state index contributed by atoms with van der Waals surface area (Å²) in [5.41, 5.74) is 2.09. The van der Waals surface area contributed by atoms with E-state index in [1.807, 2.05) is 30.3 Å². The highest BCUT2D eigenvalue weighted by Crippen LogP contribution is 2.29. The quantitative estimate of drug-likeness (QED) is 0.873. The Morgan fingerprint density at radius 3 is 2.55 bits per heavy atom. The fourth-order valence-corrected chi connectivity index (χ4v) is 1.91. The van der Waals surface area contributed by atoms with Gasteiger partial charge in [-0.2, -0.15) is 5.10 Å². The molecule has 1 heterocycles. The highest BCUT2D eigenvalue weighted by Gasteiger charge is 2.08. The molecule has 0 bridgehead atoms. The van der Waals surface area contributed by atoms with E-state index in [4.69, 9.17) is 4.74 Å². The number of ether oxygens (including phenoxy) is 1. The smallest absolute Gasteiger partial charge is 0.238 e. The molecule has 1 N–H and O–H groups in total. The van der Waals surface area contributed by atoms with Crippen LogP contribution in [0.25, 0.3) is 0 Å². The van der Waals surface area contributed by atoms with Crippen LogP contribution in [0.15, 0.2) is 36.4 Å². The van der Waals surface area contributed by atoms with E-state index in [9.17, 15) is 0 Å². The molecule has 1 aromatic heterocycles. The number of nitrogens with one attached hydrogen (secondary N) is 1. The fourth-order valence-electron chi connectivity index (χ4n) is 1.91. The zero-order valence-electron chi connectivity index (χ0n) is 12.3. The van der Waals surface area contributed by atoms with Crippen LogP contribution in [0.4, 0.5) is 0 Å². The molecule has 4 heteroatoms. The lowest BCUT2D eigenvalue weighted by Crippen LogP contribution is -2.13. The number of hydrogen-bond acceptors (Lipinski definition) is 4. The third kappa shape index (κ3) is 3.78. The van der Waals surface area contributed by atoms with Crippen LogP contribution < -0.4 is 10.1 Å². The minimum atomic E-state index is 0.409. The Hall–Kier alpha value is -1.94. The molecular weight excluding hydrogens is 250 g/mol. The van der Waals surface area contributed by atoms with Crippen molar-refractivity contribution in [2.45, 2.75) is 33.2 Å². The Labute approximate surface area is 120 Å². The summed E-state index contributed by atoms with van der Waals surface area (Å²) in [5, 5.41) is 11.5. The molecule has 0 atom stereocenters. The zero-order valence-corrected chi connectivity index (χ0v) is 12.3. The molecule has 1 aromatic carbocycles. The summed E-state index contributed by atoms with van der Waals surface area (Å²) in [4.78, 5) is 0. The van der Waals surface area contributed by atoms with Gasteiger partial charge in [-0.15, -0.1) is 5.10 Å². The van der Waals surface area contributed by atoms with Gasteiger partial charge in [-0.3, -0.25) is 0 Å². The summed E-state index contributed by atoms with van der Waals surface area (Å²) in [5.74, 6) is 1.78. The molecule has 4 nitrogen and oxygen atoms in total. The minimum Gasteiger partial charge on any atom is -0.437 e. The number of aromatic nitrogens is 2. The molecule has 0 aliphatic carbocycles. The average molecular weight is 271 g/mol. The molecule has 0 unspecified atom stereocenters. The standard InChI is InChI=1S/C16H21N3O/c1-4-17-11-13-9-10-16(19-18-13)20-15-8-6-5-7-14(15)12(2)3/h5-10,12,17H,4,11H2,1-3H3. The van der Waals surface area contributed by atoms with Gasteiger partial charge in [0.05, 0.1) is 5.69 Å². The SMILES string of the molecule is CCNCc1ccc(Oc2ccccc2C(C)C)nn1. The Morgan fingerprint density at radius 2 is 1.90 bits per heavy atom. The molecule has 0 spiro atoms. The van der Waals surface area contributed by atoms with Crippen LogP contribution in [-0.4, -0.2) is 16.7 Å². The van der Waals surface area contributed by atoms with Gasteiger partial charge in [0.15, 0.2) is 0 Å². The van der Waals surface area contributed by atoms with Crippen molar-refractivity contribution in [1.82, 2.24) is 15.5 Å². The molecule has 0 saturated carbocycles. The van der Waals surface area contributed by atoms with E-state index in [1.165, 1.54) is 5.56 Å². The van der Waals surface area contributed by atoms with Gasteiger partial charge in [-0.25, -0.2) is 0 Å². The summed E-state index contributed by atoms with van der Waals surface area (Å²) in [6, 6.07) is 11.8. The van der Waals surface area contributed by atoms with Crippen molar-refractivity contribution < 1.29 is 4.74 Å². The summed E-state index contributed by atoms with van der Waals surface area (Å²) in [7, 11) is 0. The van der Waals surface area contributed by atoms with E-state index in [2.05, 4.69) is 42.4 Å². The van der Waals surface area contributed by atoms with Crippen LogP contribution in [0.3, 0.4) is 0 Å². The van der Waals surface area contributed by atoms with Crippen LogP contribution in [0.5, 0.6) is 11.6 Å². The van der Waals surface area contributed by atoms with E-state index in [-0.39, 0.29) is 0 Å². The Morgan fingerprint density at radius 1 is 1.10 bits per heavy atom. The van der Waals surface area contributed by atoms with E-state index in [0.29, 0.717) is 11.8 Å². The van der Waals surface area contributed by atoms with Gasteiger partial charge in [-0.1, -0.05) is 39.0 Å². The second kappa shape index (κ2) is 7.01. The first-order chi connectivity index (χ1) is 9.70. The summed E-state index contributed by atoms with van der Waals surface area (Å²) in [6.07, 6.45) is 0. The van der Waals surface area contributed by atoms with Gasteiger partial charge >= 0.3 is 0 Å². The lowest BCUT2D eigenvalue weighted by Gasteiger charge is -2.12. The molecule has 20 heavy (non-hydrogen) atoms. The van der Waals surface area contributed by atoms with Crippen LogP contribution in [0.2, 0.25) is 0 Å². The maximum atomic E-state index is 5.84. The molecule has 0 aliphatic rings. The first kappa shape index (κ1) is 14.5. The fraction of sp³-hybridized carbons (Fsp3) is 0.375. The van der Waals surface area contributed by atoms with Crippen LogP contribution in [0.1, 0.15) is 37.9 Å². The normalized spacial score (nSPS) is 10.8. The van der Waals surface area contributed by atoms with Crippen molar-refractivity contribution >= 4 is 0 Å². The third-order valence-electron chi connectivity index (χ3n) is 3.01. The van der Waals surface area contributed by atoms with Gasteiger partial charge in [-0.05, 0) is 30.2 Å². The molecular formula is C16H21N3O. The van der Waals surface area contributed by atoms with E-state index < -0.39 is 0 Å². The second-order valence-corrected chi connectivity index (χ2v) is 4.94. The molecule has 0 fully saturated rings. The van der Waals surface area contributed by atoms with Gasteiger partial charge in [0, 0.05) is 12.6 Å².